The van der Waals surface area contributed by atoms with Crippen LogP contribution in [-0.4, -0.2) is 31.5 Å². The molecular formula is C26H26N2O4. The Morgan fingerprint density at radius 2 is 1.75 bits per heavy atom. The minimum absolute atomic E-state index is 0.0486. The van der Waals surface area contributed by atoms with Gasteiger partial charge < -0.3 is 18.9 Å². The molecule has 0 spiro atoms. The van der Waals surface area contributed by atoms with Gasteiger partial charge in [-0.3, -0.25) is 0 Å². The molecule has 0 bridgehead atoms. The van der Waals surface area contributed by atoms with Gasteiger partial charge in [0.2, 0.25) is 6.23 Å². The van der Waals surface area contributed by atoms with Crippen LogP contribution in [0, 0.1) is 0 Å². The Morgan fingerprint density at radius 3 is 2.50 bits per heavy atom. The Kier molecular flexibility index (Phi) is 5.35. The van der Waals surface area contributed by atoms with Gasteiger partial charge in [-0.1, -0.05) is 24.3 Å². The molecule has 3 aromatic rings. The number of para-hydroxylation sites is 1. The highest BCUT2D eigenvalue weighted by atomic mass is 16.5. The molecule has 2 heterocycles. The number of rotatable bonds is 6. The van der Waals surface area contributed by atoms with E-state index in [0.717, 1.165) is 51.8 Å². The number of benzene rings is 3. The zero-order valence-corrected chi connectivity index (χ0v) is 18.4. The number of hydrazone groups is 1. The summed E-state index contributed by atoms with van der Waals surface area (Å²) in [6.07, 6.45) is 0.397. The van der Waals surface area contributed by atoms with Gasteiger partial charge in [0, 0.05) is 23.1 Å². The highest BCUT2D eigenvalue weighted by Gasteiger charge is 2.42. The van der Waals surface area contributed by atoms with Crippen molar-refractivity contribution in [3.63, 3.8) is 0 Å². The summed E-state index contributed by atoms with van der Waals surface area (Å²) in [6.45, 7) is 2.56. The number of nitrogens with zero attached hydrogens (tertiary/aromatic N) is 2. The monoisotopic (exact) mass is 430 g/mol. The molecule has 32 heavy (non-hydrogen) atoms. The molecule has 0 saturated heterocycles. The van der Waals surface area contributed by atoms with E-state index in [1.165, 1.54) is 0 Å². The van der Waals surface area contributed by atoms with E-state index in [4.69, 9.17) is 24.0 Å². The van der Waals surface area contributed by atoms with Crippen LogP contribution < -0.4 is 18.9 Å². The number of hydrogen-bond donors (Lipinski definition) is 0. The minimum atomic E-state index is -0.372. The lowest BCUT2D eigenvalue weighted by Gasteiger charge is -2.38. The van der Waals surface area contributed by atoms with Crippen molar-refractivity contribution in [2.24, 2.45) is 5.10 Å². The third kappa shape index (κ3) is 3.51. The van der Waals surface area contributed by atoms with Crippen LogP contribution in [0.4, 0.5) is 0 Å². The Hall–Kier alpha value is -3.67. The molecule has 0 amide bonds. The van der Waals surface area contributed by atoms with Gasteiger partial charge in [-0.15, -0.1) is 0 Å². The van der Waals surface area contributed by atoms with E-state index in [1.54, 1.807) is 14.2 Å². The largest absolute Gasteiger partial charge is 0.497 e. The van der Waals surface area contributed by atoms with E-state index in [2.05, 4.69) is 17.1 Å². The van der Waals surface area contributed by atoms with Crippen molar-refractivity contribution < 1.29 is 18.9 Å². The van der Waals surface area contributed by atoms with Crippen molar-refractivity contribution in [3.05, 3.63) is 83.4 Å². The van der Waals surface area contributed by atoms with E-state index >= 15 is 0 Å². The van der Waals surface area contributed by atoms with Crippen LogP contribution in [0.5, 0.6) is 23.0 Å². The second-order valence-corrected chi connectivity index (χ2v) is 7.73. The van der Waals surface area contributed by atoms with E-state index in [1.807, 2.05) is 61.5 Å². The Balaban J connectivity index is 1.59. The van der Waals surface area contributed by atoms with Crippen LogP contribution in [0.25, 0.3) is 0 Å². The maximum absolute atomic E-state index is 6.55. The second-order valence-electron chi connectivity index (χ2n) is 7.73. The average molecular weight is 431 g/mol. The smallest absolute Gasteiger partial charge is 0.214 e. The standard InChI is InChI=1S/C26H26N2O4/c1-4-31-24-10-6-9-21-23-16-22(18-7-5-8-20(15-18)30-3)27-28(23)26(32-25(21)24)17-11-13-19(29-2)14-12-17/h5-15,23,26H,4,16H2,1-3H3/t23-,26+/m1/s1. The molecular weight excluding hydrogens is 404 g/mol. The van der Waals surface area contributed by atoms with E-state index in [-0.39, 0.29) is 12.3 Å². The lowest BCUT2D eigenvalue weighted by Crippen LogP contribution is -2.33. The van der Waals surface area contributed by atoms with Crippen molar-refractivity contribution in [2.45, 2.75) is 25.6 Å². The first-order chi connectivity index (χ1) is 15.7. The average Bonchev–Trinajstić information content (AvgIpc) is 3.30. The van der Waals surface area contributed by atoms with E-state index in [0.29, 0.717) is 6.61 Å². The first-order valence-corrected chi connectivity index (χ1v) is 10.8. The fourth-order valence-corrected chi connectivity index (χ4v) is 4.32. The fraction of sp³-hybridized carbons (Fsp3) is 0.269. The third-order valence-corrected chi connectivity index (χ3v) is 5.88. The van der Waals surface area contributed by atoms with Crippen LogP contribution >= 0.6 is 0 Å². The summed E-state index contributed by atoms with van der Waals surface area (Å²) in [5.41, 5.74) is 4.14. The Bertz CT molecular complexity index is 1140. The van der Waals surface area contributed by atoms with Gasteiger partial charge in [0.25, 0.3) is 0 Å². The van der Waals surface area contributed by atoms with Crippen LogP contribution in [-0.2, 0) is 0 Å². The number of fused-ring (bicyclic) bond motifs is 3. The molecule has 0 radical (unpaired) electrons. The molecule has 0 aromatic heterocycles. The minimum Gasteiger partial charge on any atom is -0.497 e. The topological polar surface area (TPSA) is 52.5 Å². The second kappa shape index (κ2) is 8.46. The molecule has 3 aromatic carbocycles. The first-order valence-electron chi connectivity index (χ1n) is 10.8. The molecule has 0 unspecified atom stereocenters. The summed E-state index contributed by atoms with van der Waals surface area (Å²) in [7, 11) is 3.34. The predicted octanol–water partition coefficient (Wildman–Crippen LogP) is 5.34. The van der Waals surface area contributed by atoms with Crippen molar-refractivity contribution in [2.75, 3.05) is 20.8 Å². The zero-order valence-electron chi connectivity index (χ0n) is 18.4. The van der Waals surface area contributed by atoms with E-state index < -0.39 is 0 Å². The summed E-state index contributed by atoms with van der Waals surface area (Å²) in [5, 5.41) is 7.09. The highest BCUT2D eigenvalue weighted by Crippen LogP contribution is 2.50. The van der Waals surface area contributed by atoms with Crippen molar-refractivity contribution in [3.8, 4) is 23.0 Å². The maximum atomic E-state index is 6.55. The number of methoxy groups -OCH3 is 2. The fourth-order valence-electron chi connectivity index (χ4n) is 4.32. The van der Waals surface area contributed by atoms with Gasteiger partial charge in [-0.2, -0.15) is 5.10 Å². The van der Waals surface area contributed by atoms with Crippen LogP contribution in [0.2, 0.25) is 0 Å². The molecule has 2 aliphatic heterocycles. The molecule has 2 atom stereocenters. The summed E-state index contributed by atoms with van der Waals surface area (Å²) in [4.78, 5) is 0. The van der Waals surface area contributed by atoms with Gasteiger partial charge in [0.15, 0.2) is 11.5 Å². The Labute approximate surface area is 188 Å². The summed E-state index contributed by atoms with van der Waals surface area (Å²) < 4.78 is 23.2. The molecule has 6 heteroatoms. The zero-order chi connectivity index (χ0) is 22.1. The van der Waals surface area contributed by atoms with Crippen molar-refractivity contribution in [1.82, 2.24) is 5.01 Å². The van der Waals surface area contributed by atoms with Crippen LogP contribution in [0.15, 0.2) is 71.8 Å². The van der Waals surface area contributed by atoms with Crippen molar-refractivity contribution in [1.29, 1.82) is 0 Å². The molecule has 0 N–H and O–H groups in total. The molecule has 0 saturated carbocycles. The van der Waals surface area contributed by atoms with Crippen molar-refractivity contribution >= 4 is 5.71 Å². The number of ether oxygens (including phenoxy) is 4. The van der Waals surface area contributed by atoms with Gasteiger partial charge in [0.1, 0.15) is 11.5 Å². The molecule has 0 fully saturated rings. The third-order valence-electron chi connectivity index (χ3n) is 5.88. The molecule has 6 nitrogen and oxygen atoms in total. The summed E-state index contributed by atoms with van der Waals surface area (Å²) in [6, 6.07) is 22.1. The van der Waals surface area contributed by atoms with Crippen LogP contribution in [0.3, 0.4) is 0 Å². The first kappa shape index (κ1) is 20.2. The number of hydrogen-bond acceptors (Lipinski definition) is 6. The van der Waals surface area contributed by atoms with Gasteiger partial charge in [0.05, 0.1) is 32.6 Å². The van der Waals surface area contributed by atoms with Gasteiger partial charge >= 0.3 is 0 Å². The van der Waals surface area contributed by atoms with E-state index in [9.17, 15) is 0 Å². The SMILES string of the molecule is CCOc1cccc2c1O[C@@H](c1ccc(OC)cc1)N1N=C(c3cccc(OC)c3)C[C@H]21. The lowest BCUT2D eigenvalue weighted by molar-refractivity contribution is -0.0212. The highest BCUT2D eigenvalue weighted by molar-refractivity contribution is 6.02. The molecule has 164 valence electrons. The molecule has 2 aliphatic rings. The summed E-state index contributed by atoms with van der Waals surface area (Å²) in [5.74, 6) is 3.17. The van der Waals surface area contributed by atoms with Gasteiger partial charge in [-0.25, -0.2) is 5.01 Å². The maximum Gasteiger partial charge on any atom is 0.214 e. The quantitative estimate of drug-likeness (QED) is 0.528. The molecule has 0 aliphatic carbocycles. The van der Waals surface area contributed by atoms with Gasteiger partial charge in [-0.05, 0) is 49.4 Å². The predicted molar refractivity (Wildman–Crippen MR) is 123 cm³/mol. The van der Waals surface area contributed by atoms with Crippen LogP contribution in [0.1, 0.15) is 42.3 Å². The molecule has 5 rings (SSSR count). The summed E-state index contributed by atoms with van der Waals surface area (Å²) >= 11 is 0. The Morgan fingerprint density at radius 1 is 0.969 bits per heavy atom. The lowest BCUT2D eigenvalue weighted by atomic mass is 9.95. The normalized spacial score (nSPS) is 18.8.